The van der Waals surface area contributed by atoms with Crippen LogP contribution in [0.4, 0.5) is 0 Å². The first-order chi connectivity index (χ1) is 21.2. The van der Waals surface area contributed by atoms with Crippen LogP contribution in [0.3, 0.4) is 0 Å². The largest absolute Gasteiger partial charge is 0.413 e. The summed E-state index contributed by atoms with van der Waals surface area (Å²) in [5.41, 5.74) is 8.78. The summed E-state index contributed by atoms with van der Waals surface area (Å²) in [5, 5.41) is 11.0. The summed E-state index contributed by atoms with van der Waals surface area (Å²) in [6, 6.07) is 0. The maximum atomic E-state index is 11.9. The molecule has 7 heteroatoms. The van der Waals surface area contributed by atoms with Gasteiger partial charge in [-0.25, -0.2) is 0 Å². The van der Waals surface area contributed by atoms with Crippen molar-refractivity contribution < 1.29 is 18.8 Å². The molecule has 0 unspecified atom stereocenters. The molecule has 3 fully saturated rings. The van der Waals surface area contributed by atoms with Gasteiger partial charge in [-0.15, -0.1) is 0 Å². The minimum atomic E-state index is -2.01. The summed E-state index contributed by atoms with van der Waals surface area (Å²) in [7, 11) is -3.97. The molecule has 0 spiro atoms. The number of hydrogen-bond donors (Lipinski definition) is 2. The predicted molar refractivity (Wildman–Crippen MR) is 204 cm³/mol. The smallest absolute Gasteiger partial charge is 0.226 e. The maximum absolute atomic E-state index is 11.9. The van der Waals surface area contributed by atoms with Gasteiger partial charge in [0.15, 0.2) is 16.6 Å². The molecule has 0 aliphatic heterocycles. The molecular weight excluding hydrogens is 615 g/mol. The molecule has 0 radical (unpaired) electrons. The lowest BCUT2D eigenvalue weighted by atomic mass is 9.61. The van der Waals surface area contributed by atoms with Crippen LogP contribution in [0.5, 0.6) is 0 Å². The maximum Gasteiger partial charge on any atom is 0.226 e. The highest BCUT2D eigenvalue weighted by Gasteiger charge is 2.50. The Morgan fingerprint density at radius 2 is 1.55 bits per heavy atom. The van der Waals surface area contributed by atoms with E-state index in [4.69, 9.17) is 14.6 Å². The lowest BCUT2D eigenvalue weighted by molar-refractivity contribution is -0.130. The van der Waals surface area contributed by atoms with E-state index in [1.54, 1.807) is 25.5 Å². The minimum absolute atomic E-state index is 0.0147. The third-order valence-electron chi connectivity index (χ3n) is 13.4. The van der Waals surface area contributed by atoms with E-state index in [9.17, 15) is 9.90 Å². The van der Waals surface area contributed by atoms with Crippen molar-refractivity contribution in [2.45, 2.75) is 169 Å². The van der Waals surface area contributed by atoms with E-state index >= 15 is 0 Å². The number of aliphatic hydroxyl groups is 1. The molecule has 47 heavy (non-hydrogen) atoms. The number of aliphatic hydroxyl groups excluding tert-OH is 1. The van der Waals surface area contributed by atoms with Crippen molar-refractivity contribution in [1.29, 1.82) is 0 Å². The molecule has 0 aromatic rings. The second-order valence-corrected chi connectivity index (χ2v) is 28.6. The van der Waals surface area contributed by atoms with Crippen LogP contribution >= 0.6 is 0 Å². The molecule has 0 heterocycles. The average Bonchev–Trinajstić information content (AvgIpc) is 3.28. The molecule has 0 saturated heterocycles. The summed E-state index contributed by atoms with van der Waals surface area (Å²) < 4.78 is 14.1. The van der Waals surface area contributed by atoms with Crippen LogP contribution in [0.2, 0.25) is 36.3 Å². The first-order valence-electron chi connectivity index (χ1n) is 18.4. The number of carbonyl (C=O) groups excluding carboxylic acids is 1. The van der Waals surface area contributed by atoms with E-state index in [-0.39, 0.29) is 27.7 Å². The Balaban J connectivity index is 1.89. The van der Waals surface area contributed by atoms with E-state index in [1.807, 2.05) is 0 Å². The third kappa shape index (κ3) is 8.73. The van der Waals surface area contributed by atoms with Gasteiger partial charge in [-0.05, 0) is 123 Å². The van der Waals surface area contributed by atoms with E-state index in [0.717, 1.165) is 24.8 Å². The second-order valence-electron chi connectivity index (χ2n) is 19.1. The molecule has 268 valence electrons. The van der Waals surface area contributed by atoms with Gasteiger partial charge in [0.1, 0.15) is 0 Å². The molecule has 1 amide bonds. The lowest BCUT2D eigenvalue weighted by Crippen LogP contribution is -2.49. The van der Waals surface area contributed by atoms with Crippen LogP contribution in [0.1, 0.15) is 114 Å². The van der Waals surface area contributed by atoms with Crippen LogP contribution in [0.15, 0.2) is 47.6 Å². The van der Waals surface area contributed by atoms with Gasteiger partial charge in [0.2, 0.25) is 5.91 Å². The first kappa shape index (κ1) is 40.2. The highest BCUT2D eigenvalue weighted by Crippen LogP contribution is 2.59. The summed E-state index contributed by atoms with van der Waals surface area (Å²) in [4.78, 5) is 11.9. The molecule has 3 aliphatic rings. The zero-order chi connectivity index (χ0) is 36.0. The first-order valence-corrected chi connectivity index (χ1v) is 24.2. The van der Waals surface area contributed by atoms with Gasteiger partial charge in [0, 0.05) is 6.42 Å². The molecular formula is C40H71NO4Si2. The molecule has 0 aromatic heterocycles. The number of hydrogen-bond acceptors (Lipinski definition) is 4. The fourth-order valence-corrected chi connectivity index (χ4v) is 10.4. The van der Waals surface area contributed by atoms with Gasteiger partial charge in [0.05, 0.1) is 23.7 Å². The van der Waals surface area contributed by atoms with Crippen molar-refractivity contribution in [3.63, 3.8) is 0 Å². The van der Waals surface area contributed by atoms with Crippen LogP contribution in [0.25, 0.3) is 0 Å². The Morgan fingerprint density at radius 1 is 0.979 bits per heavy atom. The van der Waals surface area contributed by atoms with Gasteiger partial charge >= 0.3 is 0 Å². The fourth-order valence-electron chi connectivity index (χ4n) is 7.71. The summed E-state index contributed by atoms with van der Waals surface area (Å²) in [6.07, 6.45) is 15.7. The Kier molecular flexibility index (Phi) is 12.1. The normalized spacial score (nSPS) is 31.4. The van der Waals surface area contributed by atoms with Crippen molar-refractivity contribution >= 4 is 22.5 Å². The van der Waals surface area contributed by atoms with Crippen LogP contribution < -0.4 is 5.73 Å². The van der Waals surface area contributed by atoms with Crippen molar-refractivity contribution in [3.05, 3.63) is 47.6 Å². The number of rotatable bonds is 10. The van der Waals surface area contributed by atoms with Crippen molar-refractivity contribution in [2.75, 3.05) is 0 Å². The average molecular weight is 686 g/mol. The molecule has 0 aromatic carbocycles. The molecule has 7 atom stereocenters. The second kappa shape index (κ2) is 14.2. The number of nitrogens with two attached hydrogens (primary N) is 1. The zero-order valence-electron chi connectivity index (χ0n) is 32.7. The SMILES string of the molecule is C=C1/C(=C\C=C2/CCC[C@]3(C)[C@@H]([C@H](C)/C=C/[C@@H](O)C(C)(C)C(N)=O)CC[C@@H]23)C[C@@H](O[Si](C)(C)C(C)(C)C)C[C@@H]1O[Si](C)(C)C(C)(C)C. The summed E-state index contributed by atoms with van der Waals surface area (Å²) in [6.45, 7) is 36.2. The van der Waals surface area contributed by atoms with Gasteiger partial charge in [0.25, 0.3) is 0 Å². The molecule has 3 rings (SSSR count). The number of allylic oxidation sites excluding steroid dienone is 4. The van der Waals surface area contributed by atoms with Crippen molar-refractivity contribution in [2.24, 2.45) is 34.3 Å². The van der Waals surface area contributed by atoms with E-state index in [0.29, 0.717) is 17.8 Å². The Morgan fingerprint density at radius 3 is 2.11 bits per heavy atom. The van der Waals surface area contributed by atoms with Gasteiger partial charge < -0.3 is 19.7 Å². The predicted octanol–water partition coefficient (Wildman–Crippen LogP) is 10.3. The molecule has 0 bridgehead atoms. The van der Waals surface area contributed by atoms with E-state index < -0.39 is 34.1 Å². The Bertz CT molecular complexity index is 1250. The van der Waals surface area contributed by atoms with Crippen molar-refractivity contribution in [1.82, 2.24) is 0 Å². The number of fused-ring (bicyclic) bond motifs is 1. The lowest BCUT2D eigenvalue weighted by Gasteiger charge is -2.45. The monoisotopic (exact) mass is 685 g/mol. The van der Waals surface area contributed by atoms with Crippen LogP contribution in [-0.4, -0.2) is 46.0 Å². The standard InChI is InChI=1S/C40H71NO4Si2/c1-27(18-23-35(42)39(9,10)36(41)43)32-21-22-33-29(17-16-24-40(32,33)11)19-20-30-25-31(44-46(12,13)37(3,4)5)26-34(28(30)2)45-47(14,15)38(6,7)8/h18-20,23,27,31-35,42H,2,16-17,21-22,24-26H2,1,3-15H3,(H2,41,43)/b23-18+,29-19+,30-20-/t27-,31-,32-,33+,34+,35-,40-/m1/s1. The quantitative estimate of drug-likeness (QED) is 0.177. The fraction of sp³-hybridized carbons (Fsp3) is 0.775. The molecule has 3 N–H and O–H groups in total. The number of carbonyl (C=O) groups is 1. The number of primary amides is 1. The third-order valence-corrected chi connectivity index (χ3v) is 22.4. The zero-order valence-corrected chi connectivity index (χ0v) is 34.7. The topological polar surface area (TPSA) is 81.8 Å². The summed E-state index contributed by atoms with van der Waals surface area (Å²) in [5.74, 6) is 0.901. The van der Waals surface area contributed by atoms with Gasteiger partial charge in [-0.1, -0.05) is 91.8 Å². The molecule has 5 nitrogen and oxygen atoms in total. The highest BCUT2D eigenvalue weighted by atomic mass is 28.4. The van der Waals surface area contributed by atoms with E-state index in [1.165, 1.54) is 31.3 Å². The van der Waals surface area contributed by atoms with E-state index in [2.05, 4.69) is 106 Å². The molecule has 3 aliphatic carbocycles. The minimum Gasteiger partial charge on any atom is -0.413 e. The van der Waals surface area contributed by atoms with Gasteiger partial charge in [-0.2, -0.15) is 0 Å². The summed E-state index contributed by atoms with van der Waals surface area (Å²) >= 11 is 0. The number of amides is 1. The Labute approximate surface area is 291 Å². The van der Waals surface area contributed by atoms with Crippen LogP contribution in [0, 0.1) is 28.6 Å². The van der Waals surface area contributed by atoms with Crippen molar-refractivity contribution in [3.8, 4) is 0 Å². The highest BCUT2D eigenvalue weighted by molar-refractivity contribution is 6.74. The van der Waals surface area contributed by atoms with Crippen LogP contribution in [-0.2, 0) is 13.6 Å². The van der Waals surface area contributed by atoms with Gasteiger partial charge in [-0.3, -0.25) is 4.79 Å². The molecule has 3 saturated carbocycles. The Hall–Kier alpha value is -1.26.